The maximum absolute atomic E-state index is 9.87. The van der Waals surface area contributed by atoms with Gasteiger partial charge in [0.05, 0.1) is 6.10 Å². The Hall–Kier alpha value is -0.960. The van der Waals surface area contributed by atoms with E-state index in [0.717, 1.165) is 18.4 Å². The minimum Gasteiger partial charge on any atom is -0.387 e. The van der Waals surface area contributed by atoms with Crippen LogP contribution in [0.25, 0.3) is 0 Å². The van der Waals surface area contributed by atoms with Crippen molar-refractivity contribution in [3.8, 4) is 0 Å². The van der Waals surface area contributed by atoms with E-state index in [1.165, 1.54) is 5.57 Å². The van der Waals surface area contributed by atoms with Crippen LogP contribution in [0, 0.1) is 4.91 Å². The zero-order chi connectivity index (χ0) is 8.97. The molecular formula is C9H13NO2. The van der Waals surface area contributed by atoms with E-state index >= 15 is 0 Å². The van der Waals surface area contributed by atoms with Crippen LogP contribution in [-0.2, 0) is 0 Å². The molecule has 0 spiro atoms. The van der Waals surface area contributed by atoms with Crippen LogP contribution < -0.4 is 0 Å². The molecule has 12 heavy (non-hydrogen) atoms. The normalized spacial score (nSPS) is 19.5. The molecule has 0 radical (unpaired) electrons. The maximum Gasteiger partial charge on any atom is 0.111 e. The fraction of sp³-hybridized carbons (Fsp3) is 0.556. The predicted molar refractivity (Wildman–Crippen MR) is 47.7 cm³/mol. The van der Waals surface area contributed by atoms with Gasteiger partial charge in [0.15, 0.2) is 0 Å². The lowest BCUT2D eigenvalue weighted by molar-refractivity contribution is 0.214. The summed E-state index contributed by atoms with van der Waals surface area (Å²) in [5.41, 5.74) is 2.23. The van der Waals surface area contributed by atoms with Gasteiger partial charge < -0.3 is 5.11 Å². The Balaban J connectivity index is 2.58. The summed E-state index contributed by atoms with van der Waals surface area (Å²) >= 11 is 0. The molecule has 0 heterocycles. The van der Waals surface area contributed by atoms with E-state index in [1.54, 1.807) is 0 Å². The predicted octanol–water partition coefficient (Wildman–Crippen LogP) is 1.78. The Morgan fingerprint density at radius 2 is 2.33 bits per heavy atom. The number of hydrogen-bond donors (Lipinski definition) is 1. The number of nitrogens with zero attached hydrogens (tertiary/aromatic N) is 1. The summed E-state index contributed by atoms with van der Waals surface area (Å²) in [6.07, 6.45) is 5.01. The largest absolute Gasteiger partial charge is 0.387 e. The Morgan fingerprint density at radius 3 is 2.83 bits per heavy atom. The van der Waals surface area contributed by atoms with Gasteiger partial charge >= 0.3 is 0 Å². The number of aliphatic hydroxyl groups excluding tert-OH is 1. The van der Waals surface area contributed by atoms with Crippen LogP contribution in [0.4, 0.5) is 0 Å². The van der Waals surface area contributed by atoms with Crippen LogP contribution in [-0.4, -0.2) is 17.8 Å². The highest BCUT2D eigenvalue weighted by atomic mass is 16.3. The second kappa shape index (κ2) is 4.16. The molecule has 1 unspecified atom stereocenters. The van der Waals surface area contributed by atoms with Gasteiger partial charge in [-0.3, -0.25) is 0 Å². The third kappa shape index (κ3) is 2.27. The van der Waals surface area contributed by atoms with Gasteiger partial charge in [-0.05, 0) is 25.3 Å². The minimum absolute atomic E-state index is 0.0290. The lowest BCUT2D eigenvalue weighted by Crippen LogP contribution is -2.15. The molecule has 1 aliphatic carbocycles. The third-order valence-electron chi connectivity index (χ3n) is 2.07. The number of rotatable bonds is 3. The molecule has 1 atom stereocenters. The Bertz CT molecular complexity index is 231. The number of nitroso groups, excluding NO2 is 1. The second-order valence-corrected chi connectivity index (χ2v) is 3.08. The molecule has 3 nitrogen and oxygen atoms in total. The second-order valence-electron chi connectivity index (χ2n) is 3.08. The van der Waals surface area contributed by atoms with Crippen LogP contribution in [0.3, 0.4) is 0 Å². The molecule has 0 bridgehead atoms. The van der Waals surface area contributed by atoms with Gasteiger partial charge in [0.2, 0.25) is 0 Å². The van der Waals surface area contributed by atoms with E-state index in [2.05, 4.69) is 12.1 Å². The summed E-state index contributed by atoms with van der Waals surface area (Å²) < 4.78 is 0. The van der Waals surface area contributed by atoms with E-state index < -0.39 is 6.10 Å². The molecule has 1 N–H and O–H groups in total. The summed E-state index contributed by atoms with van der Waals surface area (Å²) in [4.78, 5) is 9.87. The first-order valence-corrected chi connectivity index (χ1v) is 4.07. The molecule has 0 fully saturated rings. The van der Waals surface area contributed by atoms with Crippen molar-refractivity contribution >= 4 is 0 Å². The highest BCUT2D eigenvalue weighted by Gasteiger charge is 2.12. The molecule has 1 aliphatic rings. The molecule has 0 saturated heterocycles. The Morgan fingerprint density at radius 1 is 1.58 bits per heavy atom. The Kier molecular flexibility index (Phi) is 3.17. The van der Waals surface area contributed by atoms with Crippen molar-refractivity contribution in [2.45, 2.75) is 25.9 Å². The van der Waals surface area contributed by atoms with E-state index in [1.807, 2.05) is 12.2 Å². The van der Waals surface area contributed by atoms with Gasteiger partial charge in [-0.15, -0.1) is 0 Å². The minimum atomic E-state index is -0.674. The van der Waals surface area contributed by atoms with E-state index in [0.29, 0.717) is 0 Å². The fourth-order valence-electron chi connectivity index (χ4n) is 1.22. The van der Waals surface area contributed by atoms with E-state index in [-0.39, 0.29) is 6.54 Å². The summed E-state index contributed by atoms with van der Waals surface area (Å²) in [6, 6.07) is 0. The average molecular weight is 167 g/mol. The third-order valence-corrected chi connectivity index (χ3v) is 2.07. The van der Waals surface area contributed by atoms with Crippen molar-refractivity contribution in [1.82, 2.24) is 0 Å². The van der Waals surface area contributed by atoms with Gasteiger partial charge in [-0.2, -0.15) is 4.91 Å². The van der Waals surface area contributed by atoms with E-state index in [9.17, 15) is 10.0 Å². The van der Waals surface area contributed by atoms with Crippen LogP contribution in [0.2, 0.25) is 0 Å². The van der Waals surface area contributed by atoms with Crippen molar-refractivity contribution in [1.29, 1.82) is 0 Å². The van der Waals surface area contributed by atoms with Gasteiger partial charge in [-0.25, -0.2) is 0 Å². The molecule has 0 aliphatic heterocycles. The summed E-state index contributed by atoms with van der Waals surface area (Å²) in [6.45, 7) is 2.02. The molecule has 0 aromatic rings. The molecule has 0 aromatic heterocycles. The van der Waals surface area contributed by atoms with Gasteiger partial charge in [0.25, 0.3) is 0 Å². The number of allylic oxidation sites excluding steroid dienone is 3. The highest BCUT2D eigenvalue weighted by Crippen LogP contribution is 2.20. The molecule has 0 aromatic carbocycles. The monoisotopic (exact) mass is 167 g/mol. The first-order chi connectivity index (χ1) is 5.74. The zero-order valence-electron chi connectivity index (χ0n) is 7.16. The molecular weight excluding hydrogens is 154 g/mol. The van der Waals surface area contributed by atoms with Crippen molar-refractivity contribution in [3.05, 3.63) is 28.2 Å². The van der Waals surface area contributed by atoms with Crippen molar-refractivity contribution in [2.24, 2.45) is 5.18 Å². The van der Waals surface area contributed by atoms with E-state index in [4.69, 9.17) is 0 Å². The maximum atomic E-state index is 9.87. The van der Waals surface area contributed by atoms with Crippen molar-refractivity contribution in [3.63, 3.8) is 0 Å². The highest BCUT2D eigenvalue weighted by molar-refractivity contribution is 5.25. The SMILES string of the molecule is CC1=CC=C(C(O)CN=O)CC1. The van der Waals surface area contributed by atoms with Crippen molar-refractivity contribution in [2.75, 3.05) is 6.54 Å². The smallest absolute Gasteiger partial charge is 0.111 e. The molecule has 0 saturated carbocycles. The van der Waals surface area contributed by atoms with Crippen LogP contribution in [0.15, 0.2) is 28.5 Å². The number of aliphatic hydroxyl groups is 1. The summed E-state index contributed by atoms with van der Waals surface area (Å²) in [5, 5.41) is 12.0. The molecule has 0 amide bonds. The zero-order valence-corrected chi connectivity index (χ0v) is 7.16. The first kappa shape index (κ1) is 9.13. The topological polar surface area (TPSA) is 49.7 Å². The molecule has 66 valence electrons. The quantitative estimate of drug-likeness (QED) is 0.651. The average Bonchev–Trinajstić information content (AvgIpc) is 2.06. The summed E-state index contributed by atoms with van der Waals surface area (Å²) in [7, 11) is 0. The lowest BCUT2D eigenvalue weighted by atomic mass is 9.96. The van der Waals surface area contributed by atoms with Crippen LogP contribution >= 0.6 is 0 Å². The fourth-order valence-corrected chi connectivity index (χ4v) is 1.22. The van der Waals surface area contributed by atoms with Crippen LogP contribution in [0.1, 0.15) is 19.8 Å². The molecule has 1 rings (SSSR count). The lowest BCUT2D eigenvalue weighted by Gasteiger charge is -2.15. The van der Waals surface area contributed by atoms with Gasteiger partial charge in [0.1, 0.15) is 6.54 Å². The standard InChI is InChI=1S/C9H13NO2/c1-7-2-4-8(5-3-7)9(11)6-10-12/h2,4,9,11H,3,5-6H2,1H3. The Labute approximate surface area is 71.8 Å². The molecule has 3 heteroatoms. The summed E-state index contributed by atoms with van der Waals surface area (Å²) in [5.74, 6) is 0. The first-order valence-electron chi connectivity index (χ1n) is 4.07. The van der Waals surface area contributed by atoms with Gasteiger partial charge in [0, 0.05) is 0 Å². The van der Waals surface area contributed by atoms with Crippen molar-refractivity contribution < 1.29 is 5.11 Å². The van der Waals surface area contributed by atoms with Crippen LogP contribution in [0.5, 0.6) is 0 Å². The van der Waals surface area contributed by atoms with Gasteiger partial charge in [-0.1, -0.05) is 22.9 Å². The number of hydrogen-bond acceptors (Lipinski definition) is 3.